The number of benzene rings is 8. The molecule has 3 aliphatic carbocycles. The smallest absolute Gasteiger partial charge is 0.271 e. The van der Waals surface area contributed by atoms with Crippen molar-refractivity contribution in [3.63, 3.8) is 0 Å². The number of amidine groups is 4. The topological polar surface area (TPSA) is 168 Å². The molecule has 0 radical (unpaired) electrons. The fourth-order valence-electron chi connectivity index (χ4n) is 16.0. The minimum atomic E-state index is -0.00993. The highest BCUT2D eigenvalue weighted by Crippen LogP contribution is 2.46. The lowest BCUT2D eigenvalue weighted by molar-refractivity contribution is -0.114. The van der Waals surface area contributed by atoms with Crippen molar-refractivity contribution in [2.24, 2.45) is 20.0 Å². The zero-order chi connectivity index (χ0) is 80.6. The van der Waals surface area contributed by atoms with Gasteiger partial charge in [0.05, 0.1) is 74.8 Å². The average molecular weight is 1630 g/mol. The number of thioether (sulfide) groups is 4. The third kappa shape index (κ3) is 18.7. The van der Waals surface area contributed by atoms with E-state index in [9.17, 15) is 19.2 Å². The summed E-state index contributed by atoms with van der Waals surface area (Å²) in [5.41, 5.74) is 19.3. The zero-order valence-electron chi connectivity index (χ0n) is 67.7. The summed E-state index contributed by atoms with van der Waals surface area (Å²) in [5.74, 6) is 3.90. The Morgan fingerprint density at radius 3 is 1.12 bits per heavy atom. The van der Waals surface area contributed by atoms with Gasteiger partial charge >= 0.3 is 0 Å². The lowest BCUT2D eigenvalue weighted by Gasteiger charge is -2.24. The molecule has 8 aromatic rings. The number of fused-ring (bicyclic) bond motifs is 6. The summed E-state index contributed by atoms with van der Waals surface area (Å²) in [5, 5.41) is 3.11. The predicted molar refractivity (Wildman–Crippen MR) is 485 cm³/mol. The molecule has 4 amide bonds. The number of aryl methyl sites for hydroxylation is 6. The number of amides is 4. The SMILES string of the molecule is CC(C)N=C1S/C(=C\c2ccc3c(c2)CCCO3)C(=O)N1c1cccc2c1CCCC2.CC(C)N=C1S/C(=C\c2ccc3c(c2)CCO3)C(=O)N1c1cccc2c1CCCC2.CCc1ccccc1N1C(=O)/C(=C/c2ccc3c(c2)CCCO3)SC1=NC(C)C.O=C1/C(=C/c2ccc3c(c2)CCCO3)SC(=NC2CC2)N1c1ccccc1. The van der Waals surface area contributed by atoms with Crippen LogP contribution in [0.1, 0.15) is 179 Å². The highest BCUT2D eigenvalue weighted by atomic mass is 32.2. The van der Waals surface area contributed by atoms with E-state index in [2.05, 4.69) is 101 Å². The van der Waals surface area contributed by atoms with E-state index in [0.717, 1.165) is 225 Å². The third-order valence-corrected chi connectivity index (χ3v) is 25.7. The number of aliphatic imine (C=N–C) groups is 4. The molecule has 0 spiro atoms. The second kappa shape index (κ2) is 36.8. The van der Waals surface area contributed by atoms with Crippen molar-refractivity contribution in [2.45, 2.75) is 188 Å². The molecule has 8 heterocycles. The average Bonchev–Trinajstić information content (AvgIpc) is 1.66. The third-order valence-electron chi connectivity index (χ3n) is 21.7. The second-order valence-corrected chi connectivity index (χ2v) is 35.7. The lowest BCUT2D eigenvalue weighted by atomic mass is 9.90. The predicted octanol–water partition coefficient (Wildman–Crippen LogP) is 21.3. The van der Waals surface area contributed by atoms with E-state index in [1.807, 2.05) is 145 Å². The van der Waals surface area contributed by atoms with Gasteiger partial charge in [-0.15, -0.1) is 0 Å². The number of nitrogens with zero attached hydrogens (tertiary/aromatic N) is 8. The molecule has 11 aliphatic rings. The number of hydrogen-bond donors (Lipinski definition) is 0. The van der Waals surface area contributed by atoms with Crippen LogP contribution in [0, 0.1) is 0 Å². The molecule has 19 rings (SSSR count). The normalized spacial score (nSPS) is 20.7. The van der Waals surface area contributed by atoms with Gasteiger partial charge in [0.1, 0.15) is 23.0 Å². The molecule has 600 valence electrons. The van der Waals surface area contributed by atoms with Crippen molar-refractivity contribution in [3.8, 4) is 23.0 Å². The molecule has 117 heavy (non-hydrogen) atoms. The van der Waals surface area contributed by atoms with Gasteiger partial charge in [0, 0.05) is 24.5 Å². The number of carbonyl (C=O) groups excluding carboxylic acids is 4. The fourth-order valence-corrected chi connectivity index (χ4v) is 20.4. The molecule has 20 heteroatoms. The van der Waals surface area contributed by atoms with Gasteiger partial charge in [0.2, 0.25) is 0 Å². The Labute approximate surface area is 704 Å². The summed E-state index contributed by atoms with van der Waals surface area (Å²) >= 11 is 5.91. The Balaban J connectivity index is 0.000000117. The van der Waals surface area contributed by atoms with Crippen LogP contribution in [0.3, 0.4) is 0 Å². The van der Waals surface area contributed by atoms with Crippen molar-refractivity contribution in [3.05, 3.63) is 256 Å². The van der Waals surface area contributed by atoms with E-state index >= 15 is 0 Å². The van der Waals surface area contributed by atoms with E-state index in [1.54, 1.807) is 9.80 Å². The van der Waals surface area contributed by atoms with Crippen molar-refractivity contribution >= 4 is 138 Å². The molecule has 16 nitrogen and oxygen atoms in total. The van der Waals surface area contributed by atoms with E-state index in [0.29, 0.717) is 10.9 Å². The molecule has 1 saturated carbocycles. The summed E-state index contributed by atoms with van der Waals surface area (Å²) in [6, 6.07) is 56.0. The molecular weight excluding hydrogens is 1530 g/mol. The van der Waals surface area contributed by atoms with Gasteiger partial charge in [0.15, 0.2) is 20.7 Å². The quantitative estimate of drug-likeness (QED) is 0.100. The summed E-state index contributed by atoms with van der Waals surface area (Å²) in [7, 11) is 0. The summed E-state index contributed by atoms with van der Waals surface area (Å²) in [6.45, 7) is 17.5. The van der Waals surface area contributed by atoms with Crippen LogP contribution in [-0.4, -0.2) is 94.9 Å². The molecule has 8 aliphatic heterocycles. The molecule has 0 N–H and O–H groups in total. The molecule has 0 atom stereocenters. The first-order valence-corrected chi connectivity index (χ1v) is 45.0. The lowest BCUT2D eigenvalue weighted by Crippen LogP contribution is -2.31. The Kier molecular flexibility index (Phi) is 25.4. The van der Waals surface area contributed by atoms with E-state index in [4.69, 9.17) is 38.9 Å². The summed E-state index contributed by atoms with van der Waals surface area (Å²) < 4.78 is 22.8. The number of ether oxygens (including phenoxy) is 4. The summed E-state index contributed by atoms with van der Waals surface area (Å²) in [4.78, 5) is 82.9. The highest BCUT2D eigenvalue weighted by molar-refractivity contribution is 8.20. The molecule has 0 bridgehead atoms. The molecule has 8 aromatic carbocycles. The minimum Gasteiger partial charge on any atom is -0.493 e. The molecule has 5 fully saturated rings. The number of hydrogen-bond acceptors (Lipinski definition) is 16. The van der Waals surface area contributed by atoms with E-state index < -0.39 is 0 Å². The maximum atomic E-state index is 13.6. The van der Waals surface area contributed by atoms with Crippen LogP contribution in [0.15, 0.2) is 203 Å². The molecule has 0 aromatic heterocycles. The van der Waals surface area contributed by atoms with Crippen molar-refractivity contribution in [1.82, 2.24) is 0 Å². The Morgan fingerprint density at radius 1 is 0.359 bits per heavy atom. The van der Waals surface area contributed by atoms with Crippen LogP contribution >= 0.6 is 47.0 Å². The van der Waals surface area contributed by atoms with Crippen molar-refractivity contribution in [1.29, 1.82) is 0 Å². The largest absolute Gasteiger partial charge is 0.493 e. The Morgan fingerprint density at radius 2 is 0.709 bits per heavy atom. The van der Waals surface area contributed by atoms with Gasteiger partial charge in [-0.05, 0) is 373 Å². The van der Waals surface area contributed by atoms with Crippen LogP contribution < -0.4 is 38.5 Å². The first-order chi connectivity index (χ1) is 57.0. The number of rotatable bonds is 13. The standard InChI is InChI=1S/C26H28N2O2S.C25H26N2O2S.C24H26N2O2S.C22H20N2O2S/c1-17(2)27-26-28(22-11-5-8-19-7-3-4-10-21(19)22)25(29)24(31-26)16-18-12-13-23-20(15-18)9-6-14-30-23;1-16(2)26-25-27(21-9-5-7-18-6-3-4-8-20(18)21)24(28)23(30-25)15-17-10-11-22-19(14-17)12-13-29-22;1-4-18-8-5-6-10-20(18)26-23(27)22(29-24(26)25-16(2)3)15-17-11-12-21-19(14-17)9-7-13-28-21;25-21-20(14-15-8-11-19-16(13-15)5-4-12-26-19)27-22(23-17-9-10-17)24(21)18-6-2-1-3-7-18/h5,8,11-13,15-17H,3-4,6-7,9-10,14H2,1-2H3;5,7,9-11,14-16H,3-4,6,8,12-13H2,1-2H3;5-6,8,10-12,14-16H,4,7,9,13H2,1-3H3;1-3,6-8,11,13-14,17H,4-5,9-10,12H2/b24-16-,27-26?;23-15-,26-25?;22-15-,25-24?;20-14-,23-22?. The van der Waals surface area contributed by atoms with Crippen molar-refractivity contribution in [2.75, 3.05) is 46.0 Å². The second-order valence-electron chi connectivity index (χ2n) is 31.6. The minimum absolute atomic E-state index is 0.000398. The van der Waals surface area contributed by atoms with Crippen molar-refractivity contribution < 1.29 is 38.1 Å². The highest BCUT2D eigenvalue weighted by Gasteiger charge is 2.41. The number of para-hydroxylation sites is 2. The van der Waals surface area contributed by atoms with E-state index in [-0.39, 0.29) is 41.8 Å². The van der Waals surface area contributed by atoms with Crippen LogP contribution in [0.2, 0.25) is 0 Å². The van der Waals surface area contributed by atoms with Gasteiger partial charge in [-0.1, -0.05) is 91.9 Å². The Hall–Kier alpha value is -10.1. The van der Waals surface area contributed by atoms with Gasteiger partial charge in [-0.2, -0.15) is 0 Å². The van der Waals surface area contributed by atoms with Gasteiger partial charge in [-0.3, -0.25) is 58.7 Å². The molecular formula is C97H100N8O8S4. The summed E-state index contributed by atoms with van der Waals surface area (Å²) in [6.07, 6.45) is 27.2. The Bertz CT molecular complexity index is 5420. The van der Waals surface area contributed by atoms with Gasteiger partial charge in [-0.25, -0.2) is 0 Å². The molecule has 0 unspecified atom stereocenters. The fraction of sp³-hybridized carbons (Fsp3) is 0.340. The zero-order valence-corrected chi connectivity index (χ0v) is 71.0. The van der Waals surface area contributed by atoms with Gasteiger partial charge in [0.25, 0.3) is 23.6 Å². The first kappa shape index (κ1) is 80.7. The van der Waals surface area contributed by atoms with Crippen LogP contribution in [-0.2, 0) is 77.0 Å². The monoisotopic (exact) mass is 1630 g/mol. The van der Waals surface area contributed by atoms with Crippen LogP contribution in [0.4, 0.5) is 22.7 Å². The number of anilines is 4. The van der Waals surface area contributed by atoms with Crippen LogP contribution in [0.5, 0.6) is 23.0 Å². The maximum Gasteiger partial charge on any atom is 0.271 e. The number of carbonyl (C=O) groups is 4. The first-order valence-electron chi connectivity index (χ1n) is 41.7. The van der Waals surface area contributed by atoms with Gasteiger partial charge < -0.3 is 18.9 Å². The van der Waals surface area contributed by atoms with E-state index in [1.165, 1.54) is 117 Å². The molecule has 4 saturated heterocycles. The van der Waals surface area contributed by atoms with Crippen LogP contribution in [0.25, 0.3) is 24.3 Å². The maximum absolute atomic E-state index is 13.6.